The average Bonchev–Trinajstić information content (AvgIpc) is 1.93. The first-order valence-electron chi connectivity index (χ1n) is 3.43. The number of nitrogens with zero attached hydrogens (tertiary/aromatic N) is 1. The molecule has 10 heavy (non-hydrogen) atoms. The first-order valence-corrected chi connectivity index (χ1v) is 3.43. The van der Waals surface area contributed by atoms with Crippen molar-refractivity contribution in [3.63, 3.8) is 0 Å². The highest BCUT2D eigenvalue weighted by atomic mass is 16.2. The maximum absolute atomic E-state index is 11.0. The lowest BCUT2D eigenvalue weighted by Gasteiger charge is -2.24. The Morgan fingerprint density at radius 3 is 2.60 bits per heavy atom. The standard InChI is InChI=1S/C7H11NO2/c1-5-3-4-6(9)8(2)7(5)10/h5H,3-4H2,1-2H3. The number of imide groups is 1. The van der Waals surface area contributed by atoms with Crippen LogP contribution in [-0.2, 0) is 9.59 Å². The van der Waals surface area contributed by atoms with Gasteiger partial charge >= 0.3 is 0 Å². The molecule has 3 heteroatoms. The van der Waals surface area contributed by atoms with E-state index in [0.717, 1.165) is 0 Å². The molecule has 0 spiro atoms. The van der Waals surface area contributed by atoms with Crippen molar-refractivity contribution in [2.75, 3.05) is 7.05 Å². The predicted molar refractivity (Wildman–Crippen MR) is 36.2 cm³/mol. The summed E-state index contributed by atoms with van der Waals surface area (Å²) in [5, 5.41) is 0. The summed E-state index contributed by atoms with van der Waals surface area (Å²) in [5.74, 6) is -0.0675. The molecule has 1 atom stereocenters. The minimum atomic E-state index is -0.0527. The summed E-state index contributed by atoms with van der Waals surface area (Å²) in [7, 11) is 1.54. The van der Waals surface area contributed by atoms with Crippen molar-refractivity contribution >= 4 is 11.8 Å². The smallest absolute Gasteiger partial charge is 0.231 e. The third-order valence-corrected chi connectivity index (χ3v) is 1.92. The summed E-state index contributed by atoms with van der Waals surface area (Å²) in [5.41, 5.74) is 0. The van der Waals surface area contributed by atoms with Crippen molar-refractivity contribution < 1.29 is 9.59 Å². The van der Waals surface area contributed by atoms with E-state index in [1.807, 2.05) is 6.92 Å². The lowest BCUT2D eigenvalue weighted by Crippen LogP contribution is -2.41. The van der Waals surface area contributed by atoms with Gasteiger partial charge in [0.1, 0.15) is 0 Å². The fourth-order valence-electron chi connectivity index (χ4n) is 1.08. The number of amides is 2. The molecule has 1 fully saturated rings. The Morgan fingerprint density at radius 1 is 1.50 bits per heavy atom. The third-order valence-electron chi connectivity index (χ3n) is 1.92. The summed E-state index contributed by atoms with van der Waals surface area (Å²) >= 11 is 0. The Balaban J connectivity index is 2.70. The number of rotatable bonds is 0. The zero-order chi connectivity index (χ0) is 7.72. The van der Waals surface area contributed by atoms with Gasteiger partial charge in [-0.1, -0.05) is 6.92 Å². The number of likely N-dealkylation sites (tertiary alicyclic amines) is 1. The third kappa shape index (κ3) is 1.03. The Labute approximate surface area is 60.0 Å². The Bertz CT molecular complexity index is 176. The maximum Gasteiger partial charge on any atom is 0.231 e. The summed E-state index contributed by atoms with van der Waals surface area (Å²) in [6.45, 7) is 1.85. The van der Waals surface area contributed by atoms with Gasteiger partial charge in [0.25, 0.3) is 0 Å². The lowest BCUT2D eigenvalue weighted by molar-refractivity contribution is -0.149. The molecule has 56 valence electrons. The Kier molecular flexibility index (Phi) is 1.74. The van der Waals surface area contributed by atoms with Crippen molar-refractivity contribution in [3.8, 4) is 0 Å². The minimum Gasteiger partial charge on any atom is -0.286 e. The molecule has 1 saturated heterocycles. The van der Waals surface area contributed by atoms with Gasteiger partial charge in [-0.25, -0.2) is 0 Å². The van der Waals surface area contributed by atoms with E-state index < -0.39 is 0 Å². The van der Waals surface area contributed by atoms with Crippen LogP contribution in [0.1, 0.15) is 19.8 Å². The van der Waals surface area contributed by atoms with Crippen molar-refractivity contribution in [1.29, 1.82) is 0 Å². The monoisotopic (exact) mass is 141 g/mol. The predicted octanol–water partition coefficient (Wildman–Crippen LogP) is 0.401. The largest absolute Gasteiger partial charge is 0.286 e. The van der Waals surface area contributed by atoms with Crippen LogP contribution in [0.5, 0.6) is 0 Å². The van der Waals surface area contributed by atoms with Crippen LogP contribution in [0.2, 0.25) is 0 Å². The van der Waals surface area contributed by atoms with E-state index in [4.69, 9.17) is 0 Å². The van der Waals surface area contributed by atoms with Crippen LogP contribution in [0.4, 0.5) is 0 Å². The molecule has 0 aliphatic carbocycles. The Hall–Kier alpha value is -0.860. The van der Waals surface area contributed by atoms with Gasteiger partial charge in [-0.2, -0.15) is 0 Å². The van der Waals surface area contributed by atoms with Gasteiger partial charge in [0.2, 0.25) is 11.8 Å². The molecule has 1 unspecified atom stereocenters. The molecule has 0 aromatic heterocycles. The molecule has 0 N–H and O–H groups in total. The summed E-state index contributed by atoms with van der Waals surface area (Å²) < 4.78 is 0. The van der Waals surface area contributed by atoms with Gasteiger partial charge in [0.05, 0.1) is 0 Å². The van der Waals surface area contributed by atoms with E-state index in [0.29, 0.717) is 12.8 Å². The second-order valence-electron chi connectivity index (χ2n) is 2.73. The molecule has 2 amide bonds. The van der Waals surface area contributed by atoms with Crippen LogP contribution in [0.15, 0.2) is 0 Å². The van der Waals surface area contributed by atoms with Crippen molar-refractivity contribution in [2.45, 2.75) is 19.8 Å². The zero-order valence-corrected chi connectivity index (χ0v) is 6.26. The average molecular weight is 141 g/mol. The van der Waals surface area contributed by atoms with E-state index in [-0.39, 0.29) is 17.7 Å². The van der Waals surface area contributed by atoms with Crippen LogP contribution >= 0.6 is 0 Å². The van der Waals surface area contributed by atoms with E-state index in [9.17, 15) is 9.59 Å². The van der Waals surface area contributed by atoms with Gasteiger partial charge in [0.15, 0.2) is 0 Å². The highest BCUT2D eigenvalue weighted by Crippen LogP contribution is 2.16. The van der Waals surface area contributed by atoms with E-state index in [1.165, 1.54) is 4.90 Å². The highest BCUT2D eigenvalue weighted by molar-refractivity contribution is 5.98. The lowest BCUT2D eigenvalue weighted by atomic mass is 9.99. The van der Waals surface area contributed by atoms with Crippen LogP contribution < -0.4 is 0 Å². The normalized spacial score (nSPS) is 27.4. The summed E-state index contributed by atoms with van der Waals surface area (Å²) in [6.07, 6.45) is 1.23. The molecule has 3 nitrogen and oxygen atoms in total. The first-order chi connectivity index (χ1) is 4.63. The number of hydrogen-bond donors (Lipinski definition) is 0. The van der Waals surface area contributed by atoms with Crippen LogP contribution in [0, 0.1) is 5.92 Å². The molecule has 1 aliphatic heterocycles. The van der Waals surface area contributed by atoms with E-state index in [1.54, 1.807) is 7.05 Å². The molecule has 0 saturated carbocycles. The topological polar surface area (TPSA) is 37.4 Å². The van der Waals surface area contributed by atoms with Gasteiger partial charge in [-0.3, -0.25) is 14.5 Å². The first kappa shape index (κ1) is 7.25. The molecule has 1 rings (SSSR count). The van der Waals surface area contributed by atoms with E-state index >= 15 is 0 Å². The fourth-order valence-corrected chi connectivity index (χ4v) is 1.08. The summed E-state index contributed by atoms with van der Waals surface area (Å²) in [6, 6.07) is 0. The van der Waals surface area contributed by atoms with Crippen LogP contribution in [0.3, 0.4) is 0 Å². The van der Waals surface area contributed by atoms with Gasteiger partial charge in [-0.05, 0) is 6.42 Å². The molecule has 0 aromatic carbocycles. The molecule has 0 aromatic rings. The fraction of sp³-hybridized carbons (Fsp3) is 0.714. The minimum absolute atomic E-state index is 0.0303. The number of hydrogen-bond acceptors (Lipinski definition) is 2. The van der Waals surface area contributed by atoms with Crippen LogP contribution in [-0.4, -0.2) is 23.8 Å². The highest BCUT2D eigenvalue weighted by Gasteiger charge is 2.27. The number of carbonyl (C=O) groups excluding carboxylic acids is 2. The molecule has 0 bridgehead atoms. The second kappa shape index (κ2) is 2.40. The molecular formula is C7H11NO2. The van der Waals surface area contributed by atoms with E-state index in [2.05, 4.69) is 0 Å². The van der Waals surface area contributed by atoms with Gasteiger partial charge in [0, 0.05) is 19.4 Å². The molecule has 1 heterocycles. The zero-order valence-electron chi connectivity index (χ0n) is 6.26. The quantitative estimate of drug-likeness (QED) is 0.458. The van der Waals surface area contributed by atoms with Crippen LogP contribution in [0.25, 0.3) is 0 Å². The second-order valence-corrected chi connectivity index (χ2v) is 2.73. The maximum atomic E-state index is 11.0. The van der Waals surface area contributed by atoms with Crippen molar-refractivity contribution in [3.05, 3.63) is 0 Å². The Morgan fingerprint density at radius 2 is 2.10 bits per heavy atom. The number of piperidine rings is 1. The SMILES string of the molecule is CC1CCC(=O)N(C)C1=O. The summed E-state index contributed by atoms with van der Waals surface area (Å²) in [4.78, 5) is 23.1. The van der Waals surface area contributed by atoms with Gasteiger partial charge < -0.3 is 0 Å². The molecule has 1 aliphatic rings. The molecular weight excluding hydrogens is 130 g/mol. The molecule has 0 radical (unpaired) electrons. The van der Waals surface area contributed by atoms with Crippen molar-refractivity contribution in [2.24, 2.45) is 5.92 Å². The number of carbonyl (C=O) groups is 2. The van der Waals surface area contributed by atoms with Gasteiger partial charge in [-0.15, -0.1) is 0 Å². The van der Waals surface area contributed by atoms with Crippen molar-refractivity contribution in [1.82, 2.24) is 4.90 Å².